The van der Waals surface area contributed by atoms with E-state index in [-0.39, 0.29) is 24.4 Å². The Bertz CT molecular complexity index is 1020. The highest BCUT2D eigenvalue weighted by Crippen LogP contribution is 2.18. The average Bonchev–Trinajstić information content (AvgIpc) is 2.78. The molecule has 0 aliphatic heterocycles. The zero-order valence-corrected chi connectivity index (χ0v) is 18.4. The molecule has 2 amide bonds. The van der Waals surface area contributed by atoms with Crippen molar-refractivity contribution in [2.45, 2.75) is 26.3 Å². The first-order valence-electron chi connectivity index (χ1n) is 10.7. The van der Waals surface area contributed by atoms with Crippen LogP contribution in [0, 0.1) is 0 Å². The molecular weight excluding hydrogens is 402 g/mol. The fourth-order valence-corrected chi connectivity index (χ4v) is 3.07. The van der Waals surface area contributed by atoms with E-state index in [2.05, 4.69) is 28.1 Å². The van der Waals surface area contributed by atoms with Crippen LogP contribution in [-0.4, -0.2) is 31.0 Å². The van der Waals surface area contributed by atoms with Gasteiger partial charge >= 0.3 is 0 Å². The van der Waals surface area contributed by atoms with E-state index in [4.69, 9.17) is 4.74 Å². The van der Waals surface area contributed by atoms with Gasteiger partial charge in [-0.3, -0.25) is 9.59 Å². The van der Waals surface area contributed by atoms with Gasteiger partial charge in [0.15, 0.2) is 0 Å². The third-order valence-electron chi connectivity index (χ3n) is 4.64. The summed E-state index contributed by atoms with van der Waals surface area (Å²) in [6, 6.07) is 24.6. The van der Waals surface area contributed by atoms with Crippen molar-refractivity contribution in [3.63, 3.8) is 0 Å². The van der Waals surface area contributed by atoms with Crippen LogP contribution < -0.4 is 20.7 Å². The molecular formula is C26H29N3O3. The first kappa shape index (κ1) is 22.9. The largest absolute Gasteiger partial charge is 0.493 e. The topological polar surface area (TPSA) is 79.5 Å². The maximum atomic E-state index is 12.3. The molecule has 0 fully saturated rings. The van der Waals surface area contributed by atoms with Crippen molar-refractivity contribution in [1.82, 2.24) is 5.32 Å². The standard InChI is InChI=1S/C26H29N3O3/c1-19(2)28-26(31)21-11-13-22(14-12-21)27-18-25(30)29-23-9-6-10-24(17-23)32-16-15-20-7-4-3-5-8-20/h3-14,17,19,27H,15-16,18H2,1-2H3,(H,28,31)(H,29,30). The molecule has 0 atom stereocenters. The molecule has 0 bridgehead atoms. The Labute approximate surface area is 189 Å². The zero-order valence-electron chi connectivity index (χ0n) is 18.4. The molecule has 3 aromatic carbocycles. The number of rotatable bonds is 10. The molecule has 166 valence electrons. The van der Waals surface area contributed by atoms with E-state index in [0.717, 1.165) is 12.1 Å². The summed E-state index contributed by atoms with van der Waals surface area (Å²) in [6.45, 7) is 4.50. The van der Waals surface area contributed by atoms with Crippen LogP contribution in [0.15, 0.2) is 78.9 Å². The Hall–Kier alpha value is -3.80. The number of hydrogen-bond acceptors (Lipinski definition) is 4. The quantitative estimate of drug-likeness (QED) is 0.442. The van der Waals surface area contributed by atoms with Gasteiger partial charge in [-0.25, -0.2) is 0 Å². The molecule has 0 aliphatic carbocycles. The van der Waals surface area contributed by atoms with E-state index in [9.17, 15) is 9.59 Å². The van der Waals surface area contributed by atoms with Gasteiger partial charge in [0.25, 0.3) is 5.91 Å². The van der Waals surface area contributed by atoms with Crippen LogP contribution in [-0.2, 0) is 11.2 Å². The lowest BCUT2D eigenvalue weighted by atomic mass is 10.2. The highest BCUT2D eigenvalue weighted by Gasteiger charge is 2.07. The molecule has 32 heavy (non-hydrogen) atoms. The maximum absolute atomic E-state index is 12.3. The second-order valence-electron chi connectivity index (χ2n) is 7.72. The Morgan fingerprint density at radius 3 is 2.34 bits per heavy atom. The third kappa shape index (κ3) is 7.47. The minimum atomic E-state index is -0.173. The van der Waals surface area contributed by atoms with E-state index >= 15 is 0 Å². The summed E-state index contributed by atoms with van der Waals surface area (Å²) in [5.41, 5.74) is 3.24. The molecule has 0 saturated heterocycles. The fraction of sp³-hybridized carbons (Fsp3) is 0.231. The fourth-order valence-electron chi connectivity index (χ4n) is 3.07. The lowest BCUT2D eigenvalue weighted by Crippen LogP contribution is -2.30. The van der Waals surface area contributed by atoms with Crippen molar-refractivity contribution < 1.29 is 14.3 Å². The van der Waals surface area contributed by atoms with Gasteiger partial charge in [0.05, 0.1) is 13.2 Å². The van der Waals surface area contributed by atoms with Crippen LogP contribution in [0.4, 0.5) is 11.4 Å². The minimum Gasteiger partial charge on any atom is -0.493 e. The highest BCUT2D eigenvalue weighted by atomic mass is 16.5. The van der Waals surface area contributed by atoms with E-state index in [1.54, 1.807) is 24.3 Å². The van der Waals surface area contributed by atoms with Gasteiger partial charge in [-0.05, 0) is 55.8 Å². The summed E-state index contributed by atoms with van der Waals surface area (Å²) in [5.74, 6) is 0.421. The van der Waals surface area contributed by atoms with Crippen LogP contribution >= 0.6 is 0 Å². The molecule has 6 nitrogen and oxygen atoms in total. The van der Waals surface area contributed by atoms with Gasteiger partial charge in [-0.2, -0.15) is 0 Å². The number of ether oxygens (including phenoxy) is 1. The van der Waals surface area contributed by atoms with E-state index in [1.165, 1.54) is 5.56 Å². The molecule has 0 spiro atoms. The Morgan fingerprint density at radius 1 is 0.875 bits per heavy atom. The summed E-state index contributed by atoms with van der Waals surface area (Å²) in [7, 11) is 0. The van der Waals surface area contributed by atoms with Crippen LogP contribution in [0.2, 0.25) is 0 Å². The smallest absolute Gasteiger partial charge is 0.251 e. The highest BCUT2D eigenvalue weighted by molar-refractivity contribution is 5.95. The zero-order chi connectivity index (χ0) is 22.8. The number of benzene rings is 3. The van der Waals surface area contributed by atoms with Crippen LogP contribution in [0.5, 0.6) is 5.75 Å². The maximum Gasteiger partial charge on any atom is 0.251 e. The Balaban J connectivity index is 1.44. The molecule has 0 heterocycles. The Morgan fingerprint density at radius 2 is 1.62 bits per heavy atom. The summed E-state index contributed by atoms with van der Waals surface area (Å²) in [4.78, 5) is 24.3. The molecule has 0 aromatic heterocycles. The summed E-state index contributed by atoms with van der Waals surface area (Å²) < 4.78 is 5.82. The normalized spacial score (nSPS) is 10.5. The number of hydrogen-bond donors (Lipinski definition) is 3. The monoisotopic (exact) mass is 431 g/mol. The first-order chi connectivity index (χ1) is 15.5. The Kier molecular flexibility index (Phi) is 8.26. The molecule has 3 aromatic rings. The first-order valence-corrected chi connectivity index (χ1v) is 10.7. The molecule has 0 saturated carbocycles. The van der Waals surface area contributed by atoms with Crippen LogP contribution in [0.25, 0.3) is 0 Å². The van der Waals surface area contributed by atoms with Gasteiger partial charge in [0, 0.05) is 35.5 Å². The van der Waals surface area contributed by atoms with Crippen LogP contribution in [0.1, 0.15) is 29.8 Å². The predicted molar refractivity (Wildman–Crippen MR) is 128 cm³/mol. The van der Waals surface area contributed by atoms with Crippen molar-refractivity contribution in [3.05, 3.63) is 90.0 Å². The molecule has 3 rings (SSSR count). The number of carbonyl (C=O) groups is 2. The van der Waals surface area contributed by atoms with Crippen molar-refractivity contribution >= 4 is 23.2 Å². The van der Waals surface area contributed by atoms with Gasteiger partial charge in [-0.1, -0.05) is 36.4 Å². The second-order valence-corrected chi connectivity index (χ2v) is 7.72. The number of anilines is 2. The molecule has 0 radical (unpaired) electrons. The number of amides is 2. The summed E-state index contributed by atoms with van der Waals surface area (Å²) >= 11 is 0. The van der Waals surface area contributed by atoms with Crippen molar-refractivity contribution in [1.29, 1.82) is 0 Å². The number of nitrogens with one attached hydrogen (secondary N) is 3. The third-order valence-corrected chi connectivity index (χ3v) is 4.64. The molecule has 3 N–H and O–H groups in total. The van der Waals surface area contributed by atoms with Crippen molar-refractivity contribution in [3.8, 4) is 5.75 Å². The second kappa shape index (κ2) is 11.6. The molecule has 6 heteroatoms. The molecule has 0 unspecified atom stereocenters. The van der Waals surface area contributed by atoms with E-state index < -0.39 is 0 Å². The summed E-state index contributed by atoms with van der Waals surface area (Å²) in [5, 5.41) is 8.78. The average molecular weight is 432 g/mol. The van der Waals surface area contributed by atoms with Gasteiger partial charge in [0.1, 0.15) is 5.75 Å². The summed E-state index contributed by atoms with van der Waals surface area (Å²) in [6.07, 6.45) is 0.819. The van der Waals surface area contributed by atoms with Crippen LogP contribution in [0.3, 0.4) is 0 Å². The lowest BCUT2D eigenvalue weighted by molar-refractivity contribution is -0.114. The van der Waals surface area contributed by atoms with Crippen molar-refractivity contribution in [2.24, 2.45) is 0 Å². The van der Waals surface area contributed by atoms with Crippen molar-refractivity contribution in [2.75, 3.05) is 23.8 Å². The van der Waals surface area contributed by atoms with E-state index in [1.807, 2.05) is 56.3 Å². The SMILES string of the molecule is CC(C)NC(=O)c1ccc(NCC(=O)Nc2cccc(OCCc3ccccc3)c2)cc1. The lowest BCUT2D eigenvalue weighted by Gasteiger charge is -2.11. The van der Waals surface area contributed by atoms with Gasteiger partial charge in [-0.15, -0.1) is 0 Å². The van der Waals surface area contributed by atoms with E-state index in [0.29, 0.717) is 23.6 Å². The van der Waals surface area contributed by atoms with Gasteiger partial charge in [0.2, 0.25) is 5.91 Å². The van der Waals surface area contributed by atoms with Gasteiger partial charge < -0.3 is 20.7 Å². The predicted octanol–water partition coefficient (Wildman–Crippen LogP) is 4.50. The minimum absolute atomic E-state index is 0.0803. The number of carbonyl (C=O) groups excluding carboxylic acids is 2. The molecule has 0 aliphatic rings.